The molecule has 0 aliphatic carbocycles. The first kappa shape index (κ1) is 14.0. The predicted molar refractivity (Wildman–Crippen MR) is 76.1 cm³/mol. The summed E-state index contributed by atoms with van der Waals surface area (Å²) >= 11 is 3.24. The number of nitrogens with one attached hydrogen (secondary N) is 1. The minimum atomic E-state index is -0.192. The third kappa shape index (κ3) is 3.77. The summed E-state index contributed by atoms with van der Waals surface area (Å²) in [4.78, 5) is 2.44. The lowest BCUT2D eigenvalue weighted by Crippen LogP contribution is -2.50. The highest BCUT2D eigenvalue weighted by molar-refractivity contribution is 9.10. The topological polar surface area (TPSA) is 15.3 Å². The maximum atomic E-state index is 13.2. The van der Waals surface area contributed by atoms with E-state index in [0.29, 0.717) is 10.5 Å². The van der Waals surface area contributed by atoms with Crippen LogP contribution in [-0.4, -0.2) is 30.6 Å². The van der Waals surface area contributed by atoms with Gasteiger partial charge in [0.05, 0.1) is 4.47 Å². The van der Waals surface area contributed by atoms with Gasteiger partial charge in [-0.25, -0.2) is 4.39 Å². The zero-order valence-corrected chi connectivity index (χ0v) is 12.3. The SMILES string of the molecule is CCCC1CN(Cc2ccc(F)c(Br)c2)CCN1. The lowest BCUT2D eigenvalue weighted by Gasteiger charge is -2.33. The number of benzene rings is 1. The Morgan fingerprint density at radius 3 is 3.06 bits per heavy atom. The molecule has 0 aromatic heterocycles. The van der Waals surface area contributed by atoms with Gasteiger partial charge in [-0.15, -0.1) is 0 Å². The van der Waals surface area contributed by atoms with Crippen molar-refractivity contribution in [1.29, 1.82) is 0 Å². The van der Waals surface area contributed by atoms with Crippen LogP contribution in [0.4, 0.5) is 4.39 Å². The second-order valence-electron chi connectivity index (χ2n) is 4.92. The van der Waals surface area contributed by atoms with Crippen LogP contribution in [0.25, 0.3) is 0 Å². The molecule has 0 bridgehead atoms. The minimum absolute atomic E-state index is 0.192. The molecule has 0 spiro atoms. The summed E-state index contributed by atoms with van der Waals surface area (Å²) < 4.78 is 13.7. The molecular formula is C14H20BrFN2. The monoisotopic (exact) mass is 314 g/mol. The van der Waals surface area contributed by atoms with Crippen molar-refractivity contribution in [1.82, 2.24) is 10.2 Å². The first-order valence-corrected chi connectivity index (χ1v) is 7.38. The number of rotatable bonds is 4. The molecule has 1 fully saturated rings. The Kier molecular flexibility index (Phi) is 5.15. The van der Waals surface area contributed by atoms with Gasteiger partial charge in [-0.3, -0.25) is 4.90 Å². The fourth-order valence-corrected chi connectivity index (χ4v) is 2.90. The molecule has 2 rings (SSSR count). The normalized spacial score (nSPS) is 21.2. The standard InChI is InChI=1S/C14H20BrFN2/c1-2-3-12-10-18(7-6-17-12)9-11-4-5-14(16)13(15)8-11/h4-5,8,12,17H,2-3,6-7,9-10H2,1H3. The summed E-state index contributed by atoms with van der Waals surface area (Å²) in [6, 6.07) is 5.89. The van der Waals surface area contributed by atoms with Gasteiger partial charge >= 0.3 is 0 Å². The zero-order valence-electron chi connectivity index (χ0n) is 10.8. The van der Waals surface area contributed by atoms with Gasteiger partial charge in [-0.1, -0.05) is 19.4 Å². The van der Waals surface area contributed by atoms with Crippen LogP contribution in [-0.2, 0) is 6.54 Å². The first-order valence-electron chi connectivity index (χ1n) is 6.58. The summed E-state index contributed by atoms with van der Waals surface area (Å²) in [6.07, 6.45) is 2.44. The largest absolute Gasteiger partial charge is 0.311 e. The van der Waals surface area contributed by atoms with Crippen LogP contribution in [0.15, 0.2) is 22.7 Å². The van der Waals surface area contributed by atoms with Crippen molar-refractivity contribution in [2.75, 3.05) is 19.6 Å². The Bertz CT molecular complexity index is 395. The van der Waals surface area contributed by atoms with Gasteiger partial charge in [0.25, 0.3) is 0 Å². The lowest BCUT2D eigenvalue weighted by atomic mass is 10.1. The molecule has 0 radical (unpaired) electrons. The molecule has 1 aromatic rings. The summed E-state index contributed by atoms with van der Waals surface area (Å²) in [5, 5.41) is 3.55. The number of nitrogens with zero attached hydrogens (tertiary/aromatic N) is 1. The van der Waals surface area contributed by atoms with E-state index in [4.69, 9.17) is 0 Å². The molecule has 1 atom stereocenters. The van der Waals surface area contributed by atoms with E-state index in [-0.39, 0.29) is 5.82 Å². The molecule has 1 aliphatic heterocycles. The summed E-state index contributed by atoms with van der Waals surface area (Å²) in [6.45, 7) is 6.32. The van der Waals surface area contributed by atoms with Crippen molar-refractivity contribution >= 4 is 15.9 Å². The zero-order chi connectivity index (χ0) is 13.0. The number of hydrogen-bond donors (Lipinski definition) is 1. The van der Waals surface area contributed by atoms with E-state index in [1.165, 1.54) is 24.5 Å². The maximum Gasteiger partial charge on any atom is 0.137 e. The molecule has 1 unspecified atom stereocenters. The molecular weight excluding hydrogens is 295 g/mol. The average Bonchev–Trinajstić information content (AvgIpc) is 2.35. The Hall–Kier alpha value is -0.450. The van der Waals surface area contributed by atoms with Gasteiger partial charge in [-0.05, 0) is 40.0 Å². The number of halogens is 2. The molecule has 18 heavy (non-hydrogen) atoms. The highest BCUT2D eigenvalue weighted by Gasteiger charge is 2.18. The summed E-state index contributed by atoms with van der Waals surface area (Å²) in [5.74, 6) is -0.192. The molecule has 0 saturated carbocycles. The van der Waals surface area contributed by atoms with Crippen molar-refractivity contribution in [2.24, 2.45) is 0 Å². The van der Waals surface area contributed by atoms with Crippen LogP contribution < -0.4 is 5.32 Å². The molecule has 1 heterocycles. The highest BCUT2D eigenvalue weighted by atomic mass is 79.9. The quantitative estimate of drug-likeness (QED) is 0.918. The van der Waals surface area contributed by atoms with Crippen molar-refractivity contribution in [3.05, 3.63) is 34.1 Å². The maximum absolute atomic E-state index is 13.2. The van der Waals surface area contributed by atoms with E-state index in [1.54, 1.807) is 0 Å². The van der Waals surface area contributed by atoms with E-state index in [2.05, 4.69) is 33.1 Å². The fourth-order valence-electron chi connectivity index (χ4n) is 2.48. The molecule has 0 amide bonds. The average molecular weight is 315 g/mol. The summed E-state index contributed by atoms with van der Waals surface area (Å²) in [7, 11) is 0. The predicted octanol–water partition coefficient (Wildman–Crippen LogP) is 3.16. The van der Waals surface area contributed by atoms with E-state index < -0.39 is 0 Å². The van der Waals surface area contributed by atoms with Crippen molar-refractivity contribution < 1.29 is 4.39 Å². The Labute approximate surface area is 117 Å². The highest BCUT2D eigenvalue weighted by Crippen LogP contribution is 2.18. The minimum Gasteiger partial charge on any atom is -0.311 e. The molecule has 1 N–H and O–H groups in total. The second kappa shape index (κ2) is 6.64. The van der Waals surface area contributed by atoms with Crippen molar-refractivity contribution in [3.63, 3.8) is 0 Å². The van der Waals surface area contributed by atoms with Gasteiger partial charge in [0.1, 0.15) is 5.82 Å². The van der Waals surface area contributed by atoms with Crippen LogP contribution in [0.2, 0.25) is 0 Å². The number of hydrogen-bond acceptors (Lipinski definition) is 2. The smallest absolute Gasteiger partial charge is 0.137 e. The molecule has 2 nitrogen and oxygen atoms in total. The lowest BCUT2D eigenvalue weighted by molar-refractivity contribution is 0.187. The van der Waals surface area contributed by atoms with Crippen molar-refractivity contribution in [2.45, 2.75) is 32.4 Å². The van der Waals surface area contributed by atoms with Crippen LogP contribution in [0.1, 0.15) is 25.3 Å². The third-order valence-corrected chi connectivity index (χ3v) is 3.97. The van der Waals surface area contributed by atoms with Crippen LogP contribution >= 0.6 is 15.9 Å². The van der Waals surface area contributed by atoms with E-state index >= 15 is 0 Å². The molecule has 1 saturated heterocycles. The fraction of sp³-hybridized carbons (Fsp3) is 0.571. The van der Waals surface area contributed by atoms with Crippen LogP contribution in [0.5, 0.6) is 0 Å². The molecule has 4 heteroatoms. The summed E-state index contributed by atoms with van der Waals surface area (Å²) in [5.41, 5.74) is 1.17. The van der Waals surface area contributed by atoms with E-state index in [9.17, 15) is 4.39 Å². The molecule has 1 aromatic carbocycles. The second-order valence-corrected chi connectivity index (χ2v) is 5.78. The van der Waals surface area contributed by atoms with Gasteiger partial charge in [-0.2, -0.15) is 0 Å². The Balaban J connectivity index is 1.93. The van der Waals surface area contributed by atoms with Gasteiger partial charge in [0.15, 0.2) is 0 Å². The molecule has 1 aliphatic rings. The Morgan fingerprint density at radius 1 is 1.50 bits per heavy atom. The van der Waals surface area contributed by atoms with Gasteiger partial charge in [0.2, 0.25) is 0 Å². The molecule has 100 valence electrons. The van der Waals surface area contributed by atoms with Gasteiger partial charge in [0, 0.05) is 32.2 Å². The van der Waals surface area contributed by atoms with Crippen LogP contribution in [0.3, 0.4) is 0 Å². The van der Waals surface area contributed by atoms with E-state index in [0.717, 1.165) is 26.2 Å². The Morgan fingerprint density at radius 2 is 2.33 bits per heavy atom. The number of piperazine rings is 1. The van der Waals surface area contributed by atoms with Crippen molar-refractivity contribution in [3.8, 4) is 0 Å². The van der Waals surface area contributed by atoms with E-state index in [1.807, 2.05) is 12.1 Å². The first-order chi connectivity index (χ1) is 8.69. The van der Waals surface area contributed by atoms with Crippen LogP contribution in [0, 0.1) is 5.82 Å². The third-order valence-electron chi connectivity index (χ3n) is 3.37. The van der Waals surface area contributed by atoms with Gasteiger partial charge < -0.3 is 5.32 Å².